The van der Waals surface area contributed by atoms with Crippen LogP contribution < -0.4 is 4.74 Å². The van der Waals surface area contributed by atoms with Gasteiger partial charge < -0.3 is 14.8 Å². The van der Waals surface area contributed by atoms with Gasteiger partial charge in [-0.2, -0.15) is 0 Å². The van der Waals surface area contributed by atoms with Crippen molar-refractivity contribution in [1.29, 1.82) is 0 Å². The Balaban J connectivity index is 2.80. The van der Waals surface area contributed by atoms with Crippen molar-refractivity contribution in [3.05, 3.63) is 27.9 Å². The molecule has 16 heavy (non-hydrogen) atoms. The van der Waals surface area contributed by atoms with Crippen LogP contribution in [0, 0.1) is 6.92 Å². The molecule has 0 aliphatic rings. The Kier molecular flexibility index (Phi) is 2.63. The van der Waals surface area contributed by atoms with E-state index in [1.807, 2.05) is 13.0 Å². The van der Waals surface area contributed by atoms with Crippen LogP contribution >= 0.6 is 15.9 Å². The van der Waals surface area contributed by atoms with Gasteiger partial charge in [-0.1, -0.05) is 0 Å². The number of carboxylic acids is 1. The highest BCUT2D eigenvalue weighted by atomic mass is 79.9. The van der Waals surface area contributed by atoms with Crippen LogP contribution in [0.5, 0.6) is 5.75 Å². The van der Waals surface area contributed by atoms with E-state index in [-0.39, 0.29) is 5.69 Å². The third-order valence-electron chi connectivity index (χ3n) is 2.46. The summed E-state index contributed by atoms with van der Waals surface area (Å²) in [6.07, 6.45) is 0. The Bertz CT molecular complexity index is 574. The fourth-order valence-electron chi connectivity index (χ4n) is 1.67. The first-order chi connectivity index (χ1) is 7.54. The number of carboxylic acid groups (broad SMARTS) is 1. The molecule has 0 aliphatic heterocycles. The van der Waals surface area contributed by atoms with E-state index in [2.05, 4.69) is 20.9 Å². The lowest BCUT2D eigenvalue weighted by Crippen LogP contribution is -1.94. The summed E-state index contributed by atoms with van der Waals surface area (Å²) in [5.41, 5.74) is 1.93. The molecule has 0 spiro atoms. The largest absolute Gasteiger partial charge is 0.496 e. The number of aromatic carboxylic acids is 1. The van der Waals surface area contributed by atoms with Crippen LogP contribution in [-0.2, 0) is 0 Å². The topological polar surface area (TPSA) is 62.3 Å². The van der Waals surface area contributed by atoms with Crippen molar-refractivity contribution in [2.45, 2.75) is 6.92 Å². The highest BCUT2D eigenvalue weighted by molar-refractivity contribution is 9.10. The van der Waals surface area contributed by atoms with Gasteiger partial charge in [0, 0.05) is 5.39 Å². The summed E-state index contributed by atoms with van der Waals surface area (Å²) in [4.78, 5) is 13.7. The van der Waals surface area contributed by atoms with E-state index in [1.54, 1.807) is 13.2 Å². The molecular weight excluding hydrogens is 274 g/mol. The van der Waals surface area contributed by atoms with Gasteiger partial charge in [-0.15, -0.1) is 0 Å². The summed E-state index contributed by atoms with van der Waals surface area (Å²) in [5.74, 6) is -0.276. The van der Waals surface area contributed by atoms with Crippen LogP contribution in [0.1, 0.15) is 16.1 Å². The maximum Gasteiger partial charge on any atom is 0.352 e. The van der Waals surface area contributed by atoms with Crippen LogP contribution in [0.25, 0.3) is 10.9 Å². The monoisotopic (exact) mass is 283 g/mol. The molecule has 84 valence electrons. The summed E-state index contributed by atoms with van der Waals surface area (Å²) < 4.78 is 5.96. The number of aromatic nitrogens is 1. The molecule has 1 aromatic heterocycles. The zero-order chi connectivity index (χ0) is 11.9. The number of aryl methyl sites for hydroxylation is 1. The van der Waals surface area contributed by atoms with Crippen molar-refractivity contribution in [2.75, 3.05) is 7.11 Å². The van der Waals surface area contributed by atoms with Gasteiger partial charge in [0.15, 0.2) is 0 Å². The number of H-pyrrole nitrogens is 1. The number of benzene rings is 1. The van der Waals surface area contributed by atoms with E-state index < -0.39 is 5.97 Å². The number of rotatable bonds is 2. The number of hydrogen-bond donors (Lipinski definition) is 2. The molecule has 0 amide bonds. The highest BCUT2D eigenvalue weighted by Crippen LogP contribution is 2.35. The van der Waals surface area contributed by atoms with Crippen molar-refractivity contribution in [3.63, 3.8) is 0 Å². The molecule has 0 fully saturated rings. The molecular formula is C11H10BrNO3. The van der Waals surface area contributed by atoms with Crippen LogP contribution in [-0.4, -0.2) is 23.2 Å². The lowest BCUT2D eigenvalue weighted by molar-refractivity contribution is 0.0691. The first kappa shape index (κ1) is 11.0. The molecule has 0 saturated heterocycles. The maximum absolute atomic E-state index is 10.9. The fraction of sp³-hybridized carbons (Fsp3) is 0.182. The number of hydrogen-bond acceptors (Lipinski definition) is 2. The van der Waals surface area contributed by atoms with E-state index in [9.17, 15) is 4.79 Å². The number of ether oxygens (including phenoxy) is 1. The van der Waals surface area contributed by atoms with Gasteiger partial charge in [-0.3, -0.25) is 0 Å². The Labute approximate surface area is 100 Å². The summed E-state index contributed by atoms with van der Waals surface area (Å²) in [7, 11) is 1.58. The van der Waals surface area contributed by atoms with E-state index in [0.717, 1.165) is 20.9 Å². The van der Waals surface area contributed by atoms with Gasteiger partial charge in [0.05, 0.1) is 17.1 Å². The van der Waals surface area contributed by atoms with Gasteiger partial charge in [0.2, 0.25) is 0 Å². The normalized spacial score (nSPS) is 10.7. The number of halogens is 1. The first-order valence-corrected chi connectivity index (χ1v) is 5.43. The standard InChI is InChI=1S/C11H10BrNO3/c1-5-3-8(16-2)9(12)6-4-7(11(14)15)13-10(5)6/h3-4,13H,1-2H3,(H,14,15). The number of carbonyl (C=O) groups is 1. The Hall–Kier alpha value is -1.49. The molecule has 5 heteroatoms. The molecule has 0 aliphatic carbocycles. The summed E-state index contributed by atoms with van der Waals surface area (Å²) in [6, 6.07) is 3.45. The van der Waals surface area contributed by atoms with Crippen LogP contribution in [0.2, 0.25) is 0 Å². The lowest BCUT2D eigenvalue weighted by atomic mass is 10.1. The van der Waals surface area contributed by atoms with Crippen molar-refractivity contribution < 1.29 is 14.6 Å². The summed E-state index contributed by atoms with van der Waals surface area (Å²) in [6.45, 7) is 1.90. The van der Waals surface area contributed by atoms with Gasteiger partial charge in [-0.05, 0) is 40.5 Å². The second kappa shape index (κ2) is 3.83. The summed E-state index contributed by atoms with van der Waals surface area (Å²) >= 11 is 3.40. The van der Waals surface area contributed by atoms with Gasteiger partial charge in [0.25, 0.3) is 0 Å². The predicted octanol–water partition coefficient (Wildman–Crippen LogP) is 2.95. The van der Waals surface area contributed by atoms with E-state index >= 15 is 0 Å². The summed E-state index contributed by atoms with van der Waals surface area (Å²) in [5, 5.41) is 9.73. The van der Waals surface area contributed by atoms with Gasteiger partial charge >= 0.3 is 5.97 Å². The molecule has 0 atom stereocenters. The second-order valence-electron chi connectivity index (χ2n) is 3.49. The second-order valence-corrected chi connectivity index (χ2v) is 4.28. The zero-order valence-electron chi connectivity index (χ0n) is 8.80. The molecule has 2 N–H and O–H groups in total. The Morgan fingerprint density at radius 3 is 2.75 bits per heavy atom. The molecule has 2 rings (SSSR count). The van der Waals surface area contributed by atoms with Crippen LogP contribution in [0.15, 0.2) is 16.6 Å². The molecule has 0 radical (unpaired) electrons. The van der Waals surface area contributed by atoms with Crippen molar-refractivity contribution in [1.82, 2.24) is 4.98 Å². The third-order valence-corrected chi connectivity index (χ3v) is 3.28. The predicted molar refractivity (Wildman–Crippen MR) is 64.2 cm³/mol. The molecule has 1 aromatic carbocycles. The lowest BCUT2D eigenvalue weighted by Gasteiger charge is -2.06. The van der Waals surface area contributed by atoms with Crippen LogP contribution in [0.3, 0.4) is 0 Å². The number of fused-ring (bicyclic) bond motifs is 1. The highest BCUT2D eigenvalue weighted by Gasteiger charge is 2.14. The average molecular weight is 284 g/mol. The van der Waals surface area contributed by atoms with Gasteiger partial charge in [0.1, 0.15) is 11.4 Å². The van der Waals surface area contributed by atoms with E-state index in [4.69, 9.17) is 9.84 Å². The molecule has 4 nitrogen and oxygen atoms in total. The first-order valence-electron chi connectivity index (χ1n) is 4.63. The van der Waals surface area contributed by atoms with Gasteiger partial charge in [-0.25, -0.2) is 4.79 Å². The number of methoxy groups -OCH3 is 1. The Morgan fingerprint density at radius 1 is 1.50 bits per heavy atom. The zero-order valence-corrected chi connectivity index (χ0v) is 10.4. The SMILES string of the molecule is COc1cc(C)c2[nH]c(C(=O)O)cc2c1Br. The average Bonchev–Trinajstić information content (AvgIpc) is 2.68. The van der Waals surface area contributed by atoms with Crippen molar-refractivity contribution >= 4 is 32.8 Å². The van der Waals surface area contributed by atoms with Crippen LogP contribution in [0.4, 0.5) is 0 Å². The number of nitrogens with one attached hydrogen (secondary N) is 1. The maximum atomic E-state index is 10.9. The van der Waals surface area contributed by atoms with Crippen molar-refractivity contribution in [2.24, 2.45) is 0 Å². The molecule has 1 heterocycles. The Morgan fingerprint density at radius 2 is 2.19 bits per heavy atom. The van der Waals surface area contributed by atoms with E-state index in [1.165, 1.54) is 0 Å². The quantitative estimate of drug-likeness (QED) is 0.891. The number of aromatic amines is 1. The van der Waals surface area contributed by atoms with E-state index in [0.29, 0.717) is 5.75 Å². The molecule has 0 unspecified atom stereocenters. The fourth-order valence-corrected chi connectivity index (χ4v) is 2.26. The third kappa shape index (κ3) is 1.57. The minimum atomic E-state index is -0.971. The molecule has 2 aromatic rings. The smallest absolute Gasteiger partial charge is 0.352 e. The minimum Gasteiger partial charge on any atom is -0.496 e. The molecule has 0 bridgehead atoms. The minimum absolute atomic E-state index is 0.173. The molecule has 0 saturated carbocycles. The van der Waals surface area contributed by atoms with Crippen molar-refractivity contribution in [3.8, 4) is 5.75 Å².